The summed E-state index contributed by atoms with van der Waals surface area (Å²) in [5.41, 5.74) is -0.282. The minimum absolute atomic E-state index is 0.282. The molecule has 98 valence electrons. The fraction of sp³-hybridized carbons (Fsp3) is 0.273. The van der Waals surface area contributed by atoms with E-state index in [0.29, 0.717) is 0 Å². The summed E-state index contributed by atoms with van der Waals surface area (Å²) in [6.07, 6.45) is 0. The van der Waals surface area contributed by atoms with Crippen LogP contribution in [0.15, 0.2) is 18.2 Å². The number of carbonyl (C=O) groups excluding carboxylic acids is 1. The summed E-state index contributed by atoms with van der Waals surface area (Å²) in [6.45, 7) is 0.905. The van der Waals surface area contributed by atoms with E-state index in [1.807, 2.05) is 0 Å². The topological polar surface area (TPSA) is 78.4 Å². The predicted octanol–water partition coefficient (Wildman–Crippen LogP) is 1.24. The maximum atomic E-state index is 13.2. The lowest BCUT2D eigenvalue weighted by atomic mass is 10.2. The molecular weight excluding hydrogens is 246 g/mol. The molecule has 0 spiro atoms. The van der Waals surface area contributed by atoms with Crippen LogP contribution in [0.2, 0.25) is 0 Å². The van der Waals surface area contributed by atoms with Crippen LogP contribution in [0, 0.1) is 11.6 Å². The molecule has 7 heteroatoms. The highest BCUT2D eigenvalue weighted by Crippen LogP contribution is 2.11. The molecule has 0 aliphatic rings. The average Bonchev–Trinajstić information content (AvgIpc) is 2.28. The van der Waals surface area contributed by atoms with Gasteiger partial charge in [-0.2, -0.15) is 0 Å². The lowest BCUT2D eigenvalue weighted by Crippen LogP contribution is -2.44. The van der Waals surface area contributed by atoms with Gasteiger partial charge in [0, 0.05) is 5.56 Å². The van der Waals surface area contributed by atoms with E-state index in [4.69, 9.17) is 5.11 Å². The SMILES string of the molecule is CC(NC(=O)NCc1c(F)cccc1F)C(=O)O. The molecule has 1 rings (SSSR count). The van der Waals surface area contributed by atoms with Crippen LogP contribution in [0.25, 0.3) is 0 Å². The van der Waals surface area contributed by atoms with Gasteiger partial charge in [0.2, 0.25) is 0 Å². The van der Waals surface area contributed by atoms with Crippen LogP contribution < -0.4 is 10.6 Å². The Hall–Kier alpha value is -2.18. The average molecular weight is 258 g/mol. The minimum Gasteiger partial charge on any atom is -0.480 e. The second-order valence-electron chi connectivity index (χ2n) is 3.59. The van der Waals surface area contributed by atoms with Gasteiger partial charge in [-0.1, -0.05) is 6.07 Å². The molecular formula is C11H12F2N2O3. The van der Waals surface area contributed by atoms with Crippen molar-refractivity contribution < 1.29 is 23.5 Å². The second-order valence-corrected chi connectivity index (χ2v) is 3.59. The molecule has 0 radical (unpaired) electrons. The molecule has 3 N–H and O–H groups in total. The Morgan fingerprint density at radius 2 is 1.89 bits per heavy atom. The molecule has 0 aromatic heterocycles. The van der Waals surface area contributed by atoms with Gasteiger partial charge in [-0.15, -0.1) is 0 Å². The number of halogens is 2. The van der Waals surface area contributed by atoms with Crippen molar-refractivity contribution in [3.63, 3.8) is 0 Å². The predicted molar refractivity (Wildman–Crippen MR) is 58.8 cm³/mol. The molecule has 5 nitrogen and oxygen atoms in total. The molecule has 0 saturated carbocycles. The molecule has 1 atom stereocenters. The molecule has 0 aliphatic heterocycles. The fourth-order valence-corrected chi connectivity index (χ4v) is 1.18. The van der Waals surface area contributed by atoms with Crippen LogP contribution in [0.3, 0.4) is 0 Å². The lowest BCUT2D eigenvalue weighted by Gasteiger charge is -2.11. The zero-order valence-electron chi connectivity index (χ0n) is 9.54. The Balaban J connectivity index is 2.55. The Bertz CT molecular complexity index is 445. The third-order valence-corrected chi connectivity index (χ3v) is 2.21. The van der Waals surface area contributed by atoms with Crippen LogP contribution in [0.5, 0.6) is 0 Å². The van der Waals surface area contributed by atoms with Crippen LogP contribution in [0.4, 0.5) is 13.6 Å². The Kier molecular flexibility index (Phi) is 4.59. The van der Waals surface area contributed by atoms with Gasteiger partial charge in [0.05, 0.1) is 6.54 Å². The first-order valence-corrected chi connectivity index (χ1v) is 5.12. The number of rotatable bonds is 4. The summed E-state index contributed by atoms with van der Waals surface area (Å²) in [6, 6.07) is 1.44. The van der Waals surface area contributed by atoms with E-state index in [1.165, 1.54) is 13.0 Å². The summed E-state index contributed by atoms with van der Waals surface area (Å²) in [5.74, 6) is -2.76. The lowest BCUT2D eigenvalue weighted by molar-refractivity contribution is -0.138. The normalized spacial score (nSPS) is 11.7. The largest absolute Gasteiger partial charge is 0.480 e. The quantitative estimate of drug-likeness (QED) is 0.760. The number of hydrogen-bond acceptors (Lipinski definition) is 2. The molecule has 0 heterocycles. The standard InChI is InChI=1S/C11H12F2N2O3/c1-6(10(16)17)15-11(18)14-5-7-8(12)3-2-4-9(7)13/h2-4,6H,5H2,1H3,(H,16,17)(H2,14,15,18). The molecule has 0 fully saturated rings. The highest BCUT2D eigenvalue weighted by Gasteiger charge is 2.14. The number of benzene rings is 1. The van der Waals surface area contributed by atoms with Gasteiger partial charge < -0.3 is 15.7 Å². The van der Waals surface area contributed by atoms with E-state index in [-0.39, 0.29) is 12.1 Å². The molecule has 18 heavy (non-hydrogen) atoms. The number of nitrogens with one attached hydrogen (secondary N) is 2. The Morgan fingerprint density at radius 1 is 1.33 bits per heavy atom. The first-order valence-electron chi connectivity index (χ1n) is 5.12. The van der Waals surface area contributed by atoms with Gasteiger partial charge in [-0.05, 0) is 19.1 Å². The van der Waals surface area contributed by atoms with Gasteiger partial charge >= 0.3 is 12.0 Å². The number of carboxylic acids is 1. The third kappa shape index (κ3) is 3.69. The van der Waals surface area contributed by atoms with Gasteiger partial charge in [0.1, 0.15) is 17.7 Å². The minimum atomic E-state index is -1.21. The number of urea groups is 1. The van der Waals surface area contributed by atoms with Crippen LogP contribution >= 0.6 is 0 Å². The summed E-state index contributed by atoms with van der Waals surface area (Å²) in [7, 11) is 0. The number of aliphatic carboxylic acids is 1. The summed E-state index contributed by atoms with van der Waals surface area (Å²) < 4.78 is 26.4. The monoisotopic (exact) mass is 258 g/mol. The Morgan fingerprint density at radius 3 is 2.39 bits per heavy atom. The molecule has 1 aromatic carbocycles. The van der Waals surface area contributed by atoms with E-state index >= 15 is 0 Å². The van der Waals surface area contributed by atoms with E-state index in [1.54, 1.807) is 0 Å². The maximum absolute atomic E-state index is 13.2. The number of carbonyl (C=O) groups is 2. The molecule has 1 unspecified atom stereocenters. The smallest absolute Gasteiger partial charge is 0.325 e. The molecule has 0 saturated heterocycles. The second kappa shape index (κ2) is 5.95. The van der Waals surface area contributed by atoms with Crippen molar-refractivity contribution >= 4 is 12.0 Å². The van der Waals surface area contributed by atoms with Crippen LogP contribution in [-0.4, -0.2) is 23.1 Å². The zero-order chi connectivity index (χ0) is 13.7. The van der Waals surface area contributed by atoms with E-state index in [0.717, 1.165) is 12.1 Å². The van der Waals surface area contributed by atoms with Gasteiger partial charge in [0.25, 0.3) is 0 Å². The first kappa shape index (κ1) is 13.9. The Labute approximate surface area is 102 Å². The van der Waals surface area contributed by atoms with Crippen molar-refractivity contribution in [3.8, 4) is 0 Å². The van der Waals surface area contributed by atoms with Gasteiger partial charge in [-0.3, -0.25) is 4.79 Å². The van der Waals surface area contributed by atoms with Crippen LogP contribution in [0.1, 0.15) is 12.5 Å². The molecule has 0 bridgehead atoms. The fourth-order valence-electron chi connectivity index (χ4n) is 1.18. The van der Waals surface area contributed by atoms with E-state index in [2.05, 4.69) is 10.6 Å². The van der Waals surface area contributed by atoms with Crippen molar-refractivity contribution in [2.24, 2.45) is 0 Å². The van der Waals surface area contributed by atoms with E-state index < -0.39 is 29.7 Å². The highest BCUT2D eigenvalue weighted by molar-refractivity contribution is 5.82. The third-order valence-electron chi connectivity index (χ3n) is 2.21. The maximum Gasteiger partial charge on any atom is 0.325 e. The first-order chi connectivity index (χ1) is 8.41. The molecule has 2 amide bonds. The van der Waals surface area contributed by atoms with Crippen molar-refractivity contribution in [1.29, 1.82) is 0 Å². The van der Waals surface area contributed by atoms with Crippen LogP contribution in [-0.2, 0) is 11.3 Å². The van der Waals surface area contributed by atoms with Gasteiger partial charge in [-0.25, -0.2) is 13.6 Å². The molecule has 0 aliphatic carbocycles. The number of hydrogen-bond donors (Lipinski definition) is 3. The summed E-state index contributed by atoms with van der Waals surface area (Å²) in [5, 5.41) is 12.8. The van der Waals surface area contributed by atoms with Crippen molar-refractivity contribution in [2.45, 2.75) is 19.5 Å². The van der Waals surface area contributed by atoms with Crippen molar-refractivity contribution in [2.75, 3.05) is 0 Å². The number of carboxylic acid groups (broad SMARTS) is 1. The van der Waals surface area contributed by atoms with Crippen molar-refractivity contribution in [3.05, 3.63) is 35.4 Å². The molecule has 1 aromatic rings. The van der Waals surface area contributed by atoms with Gasteiger partial charge in [0.15, 0.2) is 0 Å². The highest BCUT2D eigenvalue weighted by atomic mass is 19.1. The zero-order valence-corrected chi connectivity index (χ0v) is 9.54. The summed E-state index contributed by atoms with van der Waals surface area (Å²) in [4.78, 5) is 21.7. The van der Waals surface area contributed by atoms with Crippen molar-refractivity contribution in [1.82, 2.24) is 10.6 Å². The summed E-state index contributed by atoms with van der Waals surface area (Å²) >= 11 is 0. The van der Waals surface area contributed by atoms with E-state index in [9.17, 15) is 18.4 Å². The number of amides is 2.